The zero-order valence-corrected chi connectivity index (χ0v) is 20.7. The molecule has 0 atom stereocenters. The van der Waals surface area contributed by atoms with Crippen LogP contribution in [0.5, 0.6) is 5.75 Å². The lowest BCUT2D eigenvalue weighted by Gasteiger charge is -2.42. The van der Waals surface area contributed by atoms with Gasteiger partial charge in [0.05, 0.1) is 13.7 Å². The van der Waals surface area contributed by atoms with Gasteiger partial charge in [0.1, 0.15) is 11.3 Å². The molecule has 0 aromatic heterocycles. The predicted octanol–water partition coefficient (Wildman–Crippen LogP) is 4.58. The van der Waals surface area contributed by atoms with Gasteiger partial charge in [-0.15, -0.1) is 0 Å². The van der Waals surface area contributed by atoms with E-state index >= 15 is 0 Å². The molecular formula is C28H37N3O3. The highest BCUT2D eigenvalue weighted by atomic mass is 16.5. The second-order valence-corrected chi connectivity index (χ2v) is 9.99. The Labute approximate surface area is 203 Å². The van der Waals surface area contributed by atoms with Crippen molar-refractivity contribution in [1.82, 2.24) is 14.7 Å². The van der Waals surface area contributed by atoms with Gasteiger partial charge in [0.2, 0.25) is 0 Å². The number of hydrogen-bond acceptors (Lipinski definition) is 4. The lowest BCUT2D eigenvalue weighted by Crippen LogP contribution is -2.57. The summed E-state index contributed by atoms with van der Waals surface area (Å²) in [4.78, 5) is 33.0. The van der Waals surface area contributed by atoms with Gasteiger partial charge in [0.15, 0.2) is 0 Å². The molecule has 4 rings (SSSR count). The van der Waals surface area contributed by atoms with Crippen molar-refractivity contribution in [3.05, 3.63) is 65.7 Å². The molecule has 182 valence electrons. The van der Waals surface area contributed by atoms with Crippen molar-refractivity contribution in [2.24, 2.45) is 5.92 Å². The van der Waals surface area contributed by atoms with Crippen LogP contribution in [0.3, 0.4) is 0 Å². The van der Waals surface area contributed by atoms with Crippen molar-refractivity contribution in [2.45, 2.75) is 51.6 Å². The molecule has 0 aliphatic carbocycles. The van der Waals surface area contributed by atoms with E-state index in [-0.39, 0.29) is 11.9 Å². The Kier molecular flexibility index (Phi) is 7.57. The highest BCUT2D eigenvalue weighted by Crippen LogP contribution is 2.38. The predicted molar refractivity (Wildman–Crippen MR) is 134 cm³/mol. The van der Waals surface area contributed by atoms with Crippen LogP contribution < -0.4 is 4.74 Å². The smallest absolute Gasteiger partial charge is 0.327 e. The van der Waals surface area contributed by atoms with E-state index in [0.29, 0.717) is 31.8 Å². The minimum absolute atomic E-state index is 0.0297. The Morgan fingerprint density at radius 3 is 2.24 bits per heavy atom. The SMILES string of the molecule is COc1ccc(CN2C(=O)N(CC(C)C)C3(CCN(CCCc4ccccc4)CC3)C2=O)cc1. The largest absolute Gasteiger partial charge is 0.497 e. The molecule has 2 aliphatic heterocycles. The summed E-state index contributed by atoms with van der Waals surface area (Å²) < 4.78 is 5.23. The van der Waals surface area contributed by atoms with Crippen LogP contribution in [0.25, 0.3) is 0 Å². The molecule has 0 bridgehead atoms. The van der Waals surface area contributed by atoms with E-state index in [9.17, 15) is 9.59 Å². The molecule has 2 fully saturated rings. The lowest BCUT2D eigenvalue weighted by molar-refractivity contribution is -0.136. The van der Waals surface area contributed by atoms with Crippen LogP contribution in [0.1, 0.15) is 44.2 Å². The molecule has 6 heteroatoms. The summed E-state index contributed by atoms with van der Waals surface area (Å²) in [5.74, 6) is 1.04. The molecule has 2 aromatic rings. The van der Waals surface area contributed by atoms with Crippen molar-refractivity contribution in [1.29, 1.82) is 0 Å². The average molecular weight is 464 g/mol. The molecule has 0 N–H and O–H groups in total. The van der Waals surface area contributed by atoms with Gasteiger partial charge >= 0.3 is 6.03 Å². The number of imide groups is 1. The molecular weight excluding hydrogens is 426 g/mol. The molecule has 34 heavy (non-hydrogen) atoms. The number of amides is 3. The van der Waals surface area contributed by atoms with E-state index in [4.69, 9.17) is 4.74 Å². The second kappa shape index (κ2) is 10.6. The van der Waals surface area contributed by atoms with Gasteiger partial charge in [-0.25, -0.2) is 4.79 Å². The molecule has 2 heterocycles. The molecule has 3 amide bonds. The molecule has 6 nitrogen and oxygen atoms in total. The fourth-order valence-corrected chi connectivity index (χ4v) is 5.24. The Morgan fingerprint density at radius 2 is 1.62 bits per heavy atom. The highest BCUT2D eigenvalue weighted by molar-refractivity contribution is 6.07. The first-order valence-corrected chi connectivity index (χ1v) is 12.5. The number of nitrogens with zero attached hydrogens (tertiary/aromatic N) is 3. The second-order valence-electron chi connectivity index (χ2n) is 9.99. The van der Waals surface area contributed by atoms with Crippen LogP contribution in [0.2, 0.25) is 0 Å². The number of hydrogen-bond donors (Lipinski definition) is 0. The first kappa shape index (κ1) is 24.3. The van der Waals surface area contributed by atoms with Crippen LogP contribution in [-0.4, -0.2) is 65.5 Å². The monoisotopic (exact) mass is 463 g/mol. The van der Waals surface area contributed by atoms with Crippen LogP contribution in [0.15, 0.2) is 54.6 Å². The van der Waals surface area contributed by atoms with Gasteiger partial charge < -0.3 is 14.5 Å². The number of benzene rings is 2. The number of urea groups is 1. The molecule has 2 aliphatic rings. The molecule has 2 saturated heterocycles. The maximum absolute atomic E-state index is 13.7. The number of aryl methyl sites for hydroxylation is 1. The van der Waals surface area contributed by atoms with Crippen LogP contribution >= 0.6 is 0 Å². The summed E-state index contributed by atoms with van der Waals surface area (Å²) in [6.45, 7) is 7.84. The first-order valence-electron chi connectivity index (χ1n) is 12.5. The highest BCUT2D eigenvalue weighted by Gasteiger charge is 2.57. The Balaban J connectivity index is 1.42. The number of piperidine rings is 1. The van der Waals surface area contributed by atoms with Crippen molar-refractivity contribution in [3.8, 4) is 5.75 Å². The van der Waals surface area contributed by atoms with E-state index in [0.717, 1.165) is 43.8 Å². The maximum atomic E-state index is 13.7. The third-order valence-electron chi connectivity index (χ3n) is 7.14. The number of likely N-dealkylation sites (tertiary alicyclic amines) is 1. The Hall–Kier alpha value is -2.86. The number of rotatable bonds is 9. The fourth-order valence-electron chi connectivity index (χ4n) is 5.24. The van der Waals surface area contributed by atoms with Crippen LogP contribution in [0, 0.1) is 5.92 Å². The fraction of sp³-hybridized carbons (Fsp3) is 0.500. The molecule has 0 unspecified atom stereocenters. The third-order valence-corrected chi connectivity index (χ3v) is 7.14. The van der Waals surface area contributed by atoms with E-state index < -0.39 is 5.54 Å². The third kappa shape index (κ3) is 5.12. The summed E-state index contributed by atoms with van der Waals surface area (Å²) >= 11 is 0. The van der Waals surface area contributed by atoms with Gasteiger partial charge in [0.25, 0.3) is 5.91 Å². The van der Waals surface area contributed by atoms with Crippen molar-refractivity contribution in [2.75, 3.05) is 33.3 Å². The van der Waals surface area contributed by atoms with Gasteiger partial charge in [-0.05, 0) is 61.4 Å². The number of carbonyl (C=O) groups is 2. The van der Waals surface area contributed by atoms with Crippen molar-refractivity contribution < 1.29 is 14.3 Å². The minimum atomic E-state index is -0.705. The Bertz CT molecular complexity index is 966. The zero-order valence-electron chi connectivity index (χ0n) is 20.7. The number of carbonyl (C=O) groups excluding carboxylic acids is 2. The van der Waals surface area contributed by atoms with Gasteiger partial charge in [-0.3, -0.25) is 9.69 Å². The van der Waals surface area contributed by atoms with E-state index in [1.54, 1.807) is 7.11 Å². The van der Waals surface area contributed by atoms with Gasteiger partial charge in [0, 0.05) is 19.6 Å². The summed E-state index contributed by atoms with van der Waals surface area (Å²) in [7, 11) is 1.63. The van der Waals surface area contributed by atoms with Crippen LogP contribution in [-0.2, 0) is 17.8 Å². The topological polar surface area (TPSA) is 53.1 Å². The Morgan fingerprint density at radius 1 is 0.941 bits per heavy atom. The normalized spacial score (nSPS) is 18.4. The van der Waals surface area contributed by atoms with E-state index in [1.807, 2.05) is 35.2 Å². The van der Waals surface area contributed by atoms with Crippen LogP contribution in [0.4, 0.5) is 4.79 Å². The molecule has 0 saturated carbocycles. The number of ether oxygens (including phenoxy) is 1. The quantitative estimate of drug-likeness (QED) is 0.511. The molecule has 0 radical (unpaired) electrons. The standard InChI is InChI=1S/C28H37N3O3/c1-22(2)20-31-27(33)30(21-24-11-13-25(34-3)14-12-24)26(32)28(31)15-18-29(19-16-28)17-7-10-23-8-5-4-6-9-23/h4-6,8-9,11-14,22H,7,10,15-21H2,1-3H3. The van der Waals surface area contributed by atoms with Crippen molar-refractivity contribution in [3.63, 3.8) is 0 Å². The van der Waals surface area contributed by atoms with E-state index in [1.165, 1.54) is 10.5 Å². The minimum Gasteiger partial charge on any atom is -0.497 e. The van der Waals surface area contributed by atoms with Crippen molar-refractivity contribution >= 4 is 11.9 Å². The molecule has 2 aromatic carbocycles. The van der Waals surface area contributed by atoms with E-state index in [2.05, 4.69) is 43.0 Å². The first-order chi connectivity index (χ1) is 16.4. The average Bonchev–Trinajstić information content (AvgIpc) is 3.03. The lowest BCUT2D eigenvalue weighted by atomic mass is 9.85. The summed E-state index contributed by atoms with van der Waals surface area (Å²) in [6, 6.07) is 18.0. The number of methoxy groups -OCH3 is 1. The molecule has 1 spiro atoms. The van der Waals surface area contributed by atoms with Gasteiger partial charge in [-0.1, -0.05) is 56.3 Å². The summed E-state index contributed by atoms with van der Waals surface area (Å²) in [5, 5.41) is 0. The maximum Gasteiger partial charge on any atom is 0.327 e. The summed E-state index contributed by atoms with van der Waals surface area (Å²) in [6.07, 6.45) is 3.57. The van der Waals surface area contributed by atoms with Gasteiger partial charge in [-0.2, -0.15) is 0 Å². The zero-order chi connectivity index (χ0) is 24.1. The summed E-state index contributed by atoms with van der Waals surface area (Å²) in [5.41, 5.74) is 1.59.